The van der Waals surface area contributed by atoms with Crippen LogP contribution in [0.4, 0.5) is 26.3 Å². The molecule has 0 radical (unpaired) electrons. The van der Waals surface area contributed by atoms with Gasteiger partial charge in [-0.15, -0.1) is 13.2 Å². The second-order valence-electron chi connectivity index (χ2n) is 2.88. The predicted octanol–water partition coefficient (Wildman–Crippen LogP) is 3.61. The van der Waals surface area contributed by atoms with Crippen LogP contribution in [0.1, 0.15) is 5.56 Å². The fraction of sp³-hybridized carbons (Fsp3) is 0.375. The molecule has 0 aliphatic heterocycles. The van der Waals surface area contributed by atoms with E-state index >= 15 is 0 Å². The fourth-order valence-corrected chi connectivity index (χ4v) is 1.60. The fourth-order valence-electron chi connectivity index (χ4n) is 1.07. The summed E-state index contributed by atoms with van der Waals surface area (Å²) >= 11 is 1.34. The molecular weight excluding hydrogens is 383 g/mol. The third-order valence-corrected chi connectivity index (χ3v) is 2.19. The van der Waals surface area contributed by atoms with Crippen molar-refractivity contribution in [1.82, 2.24) is 4.98 Å². The summed E-state index contributed by atoms with van der Waals surface area (Å²) in [6.07, 6.45) is -10.0. The van der Waals surface area contributed by atoms with E-state index in [4.69, 9.17) is 0 Å². The third kappa shape index (κ3) is 3.78. The monoisotopic (exact) mass is 387 g/mol. The van der Waals surface area contributed by atoms with Crippen molar-refractivity contribution < 1.29 is 35.8 Å². The van der Waals surface area contributed by atoms with Crippen molar-refractivity contribution in [3.63, 3.8) is 0 Å². The lowest BCUT2D eigenvalue weighted by Crippen LogP contribution is -2.20. The van der Waals surface area contributed by atoms with E-state index in [1.807, 2.05) is 0 Å². The summed E-state index contributed by atoms with van der Waals surface area (Å²) in [7, 11) is 0.794. The van der Waals surface area contributed by atoms with E-state index in [1.165, 1.54) is 22.6 Å². The average molecular weight is 387 g/mol. The molecule has 0 spiro atoms. The van der Waals surface area contributed by atoms with E-state index in [2.05, 4.69) is 14.5 Å². The van der Waals surface area contributed by atoms with Gasteiger partial charge in [-0.1, -0.05) is 0 Å². The molecule has 1 rings (SSSR count). The van der Waals surface area contributed by atoms with Gasteiger partial charge in [0.15, 0.2) is 5.75 Å². The van der Waals surface area contributed by atoms with Gasteiger partial charge in [-0.05, 0) is 28.7 Å². The van der Waals surface area contributed by atoms with Crippen molar-refractivity contribution in [3.05, 3.63) is 15.3 Å². The number of rotatable bonds is 2. The van der Waals surface area contributed by atoms with Gasteiger partial charge >= 0.3 is 12.5 Å². The molecule has 10 heteroatoms. The zero-order chi connectivity index (χ0) is 14.1. The van der Waals surface area contributed by atoms with Crippen LogP contribution in [0.15, 0.2) is 6.07 Å². The van der Waals surface area contributed by atoms with Gasteiger partial charge in [0.25, 0.3) is 5.88 Å². The quantitative estimate of drug-likeness (QED) is 0.442. The van der Waals surface area contributed by atoms with Gasteiger partial charge in [0.05, 0.1) is 7.11 Å². The van der Waals surface area contributed by atoms with Crippen molar-refractivity contribution in [3.8, 4) is 11.6 Å². The SMILES string of the molecule is COc1c(C(F)(F)F)cc(I)nc1OC(F)(F)F. The van der Waals surface area contributed by atoms with Gasteiger partial charge in [-0.25, -0.2) is 4.98 Å². The maximum absolute atomic E-state index is 12.6. The van der Waals surface area contributed by atoms with Gasteiger partial charge in [0, 0.05) is 0 Å². The van der Waals surface area contributed by atoms with Crippen LogP contribution >= 0.6 is 22.6 Å². The first-order chi connectivity index (χ1) is 8.04. The van der Waals surface area contributed by atoms with Crippen molar-refractivity contribution in [1.29, 1.82) is 0 Å². The Bertz CT molecular complexity index is 444. The first-order valence-electron chi connectivity index (χ1n) is 4.12. The van der Waals surface area contributed by atoms with Gasteiger partial charge < -0.3 is 9.47 Å². The Labute approximate surface area is 110 Å². The van der Waals surface area contributed by atoms with Crippen LogP contribution in [0.5, 0.6) is 11.6 Å². The zero-order valence-corrected chi connectivity index (χ0v) is 10.6. The number of nitrogens with zero attached hydrogens (tertiary/aromatic N) is 1. The van der Waals surface area contributed by atoms with Gasteiger partial charge in [0.1, 0.15) is 9.26 Å². The molecule has 0 unspecified atom stereocenters. The van der Waals surface area contributed by atoms with Crippen LogP contribution < -0.4 is 9.47 Å². The van der Waals surface area contributed by atoms with Gasteiger partial charge in [-0.2, -0.15) is 13.2 Å². The summed E-state index contributed by atoms with van der Waals surface area (Å²) < 4.78 is 81.2. The van der Waals surface area contributed by atoms with Gasteiger partial charge in [0.2, 0.25) is 0 Å². The Balaban J connectivity index is 3.39. The van der Waals surface area contributed by atoms with Crippen LogP contribution in [0.25, 0.3) is 0 Å². The van der Waals surface area contributed by atoms with Crippen molar-refractivity contribution in [2.24, 2.45) is 0 Å². The standard InChI is InChI=1S/C8H4F6INO2/c1-17-5-3(7(9,10)11)2-4(15)16-6(5)18-8(12,13)14/h2H,1H3. The molecule has 102 valence electrons. The number of pyridine rings is 1. The smallest absolute Gasteiger partial charge is 0.491 e. The summed E-state index contributed by atoms with van der Waals surface area (Å²) in [5.74, 6) is -2.38. The van der Waals surface area contributed by atoms with Crippen LogP contribution in [-0.4, -0.2) is 18.5 Å². The molecule has 0 bridgehead atoms. The number of alkyl halides is 6. The number of methoxy groups -OCH3 is 1. The second kappa shape index (κ2) is 4.97. The maximum atomic E-state index is 12.6. The molecule has 1 aromatic rings. The highest BCUT2D eigenvalue weighted by Gasteiger charge is 2.40. The first kappa shape index (κ1) is 15.1. The highest BCUT2D eigenvalue weighted by Crippen LogP contribution is 2.42. The minimum absolute atomic E-state index is 0.306. The molecule has 0 aliphatic carbocycles. The maximum Gasteiger partial charge on any atom is 0.574 e. The summed E-state index contributed by atoms with van der Waals surface area (Å²) in [4.78, 5) is 3.22. The minimum atomic E-state index is -5.16. The predicted molar refractivity (Wildman–Crippen MR) is 55.2 cm³/mol. The zero-order valence-electron chi connectivity index (χ0n) is 8.49. The summed E-state index contributed by atoms with van der Waals surface area (Å²) in [5.41, 5.74) is -1.39. The van der Waals surface area contributed by atoms with E-state index in [-0.39, 0.29) is 3.70 Å². The van der Waals surface area contributed by atoms with Crippen LogP contribution in [0.2, 0.25) is 0 Å². The van der Waals surface area contributed by atoms with Gasteiger partial charge in [-0.3, -0.25) is 0 Å². The molecule has 18 heavy (non-hydrogen) atoms. The van der Waals surface area contributed by atoms with Crippen molar-refractivity contribution >= 4 is 22.6 Å². The molecule has 1 aromatic heterocycles. The van der Waals surface area contributed by atoms with Crippen molar-refractivity contribution in [2.45, 2.75) is 12.5 Å². The third-order valence-electron chi connectivity index (χ3n) is 1.63. The Morgan fingerprint density at radius 2 is 1.72 bits per heavy atom. The van der Waals surface area contributed by atoms with E-state index in [0.29, 0.717) is 6.07 Å². The average Bonchev–Trinajstić information content (AvgIpc) is 2.12. The Morgan fingerprint density at radius 3 is 2.11 bits per heavy atom. The van der Waals surface area contributed by atoms with E-state index in [9.17, 15) is 26.3 Å². The first-order valence-corrected chi connectivity index (χ1v) is 5.20. The normalized spacial score (nSPS) is 12.4. The molecular formula is C8H4F6INO2. The molecule has 0 atom stereocenters. The van der Waals surface area contributed by atoms with Crippen LogP contribution in [-0.2, 0) is 6.18 Å². The lowest BCUT2D eigenvalue weighted by atomic mass is 10.2. The number of aromatic nitrogens is 1. The molecule has 0 amide bonds. The van der Waals surface area contributed by atoms with E-state index < -0.39 is 29.7 Å². The van der Waals surface area contributed by atoms with Crippen LogP contribution in [0.3, 0.4) is 0 Å². The number of hydrogen-bond donors (Lipinski definition) is 0. The Hall–Kier alpha value is -0.940. The summed E-state index contributed by atoms with van der Waals surface area (Å²) in [6.45, 7) is 0. The van der Waals surface area contributed by atoms with Crippen LogP contribution in [0, 0.1) is 3.70 Å². The topological polar surface area (TPSA) is 31.4 Å². The highest BCUT2D eigenvalue weighted by atomic mass is 127. The molecule has 0 saturated carbocycles. The highest BCUT2D eigenvalue weighted by molar-refractivity contribution is 14.1. The molecule has 0 fully saturated rings. The summed E-state index contributed by atoms with van der Waals surface area (Å²) in [6, 6.07) is 0.558. The Kier molecular flexibility index (Phi) is 4.18. The van der Waals surface area contributed by atoms with E-state index in [1.54, 1.807) is 0 Å². The number of ether oxygens (including phenoxy) is 2. The molecule has 0 N–H and O–H groups in total. The molecule has 0 saturated heterocycles. The number of halogens is 7. The lowest BCUT2D eigenvalue weighted by Gasteiger charge is -2.16. The van der Waals surface area contributed by atoms with E-state index in [0.717, 1.165) is 7.11 Å². The molecule has 3 nitrogen and oxygen atoms in total. The molecule has 0 aromatic carbocycles. The lowest BCUT2D eigenvalue weighted by molar-refractivity contribution is -0.276. The molecule has 1 heterocycles. The second-order valence-corrected chi connectivity index (χ2v) is 3.98. The Morgan fingerprint density at radius 1 is 1.17 bits per heavy atom. The van der Waals surface area contributed by atoms with Crippen molar-refractivity contribution in [2.75, 3.05) is 7.11 Å². The number of hydrogen-bond acceptors (Lipinski definition) is 3. The summed E-state index contributed by atoms with van der Waals surface area (Å²) in [5, 5.41) is 0. The molecule has 0 aliphatic rings. The largest absolute Gasteiger partial charge is 0.574 e. The minimum Gasteiger partial charge on any atom is -0.491 e.